The van der Waals surface area contributed by atoms with Crippen molar-refractivity contribution in [3.05, 3.63) is 95.6 Å². The van der Waals surface area contributed by atoms with Gasteiger partial charge in [-0.1, -0.05) is 24.3 Å². The molecule has 0 aliphatic rings. The van der Waals surface area contributed by atoms with Crippen molar-refractivity contribution in [1.29, 1.82) is 0 Å². The maximum absolute atomic E-state index is 12.8. The molecule has 3 N–H and O–H groups in total. The smallest absolute Gasteiger partial charge is 0.416 e. The van der Waals surface area contributed by atoms with Crippen molar-refractivity contribution in [1.82, 2.24) is 5.32 Å². The SMILES string of the molecule is COc1ccccc1/C=C/C(=O)NC(=S)Nc1ccc(C(=O)Nc2cccc(C(F)(F)F)c2)cc1. The number of para-hydroxylation sites is 1. The van der Waals surface area contributed by atoms with Gasteiger partial charge in [-0.3, -0.25) is 14.9 Å². The van der Waals surface area contributed by atoms with Crippen LogP contribution in [0.2, 0.25) is 0 Å². The summed E-state index contributed by atoms with van der Waals surface area (Å²) in [6, 6.07) is 17.6. The van der Waals surface area contributed by atoms with E-state index in [0.717, 1.165) is 17.7 Å². The number of alkyl halides is 3. The Kier molecular flexibility index (Phi) is 8.21. The Bertz CT molecular complexity index is 1260. The third kappa shape index (κ3) is 7.41. The van der Waals surface area contributed by atoms with Crippen LogP contribution in [0.4, 0.5) is 24.5 Å². The number of amides is 2. The fourth-order valence-corrected chi connectivity index (χ4v) is 3.19. The minimum Gasteiger partial charge on any atom is -0.496 e. The Balaban J connectivity index is 1.55. The molecule has 0 unspecified atom stereocenters. The molecule has 0 aliphatic heterocycles. The molecule has 0 atom stereocenters. The lowest BCUT2D eigenvalue weighted by Crippen LogP contribution is -2.32. The van der Waals surface area contributed by atoms with Crippen molar-refractivity contribution in [2.24, 2.45) is 0 Å². The second kappa shape index (κ2) is 11.3. The molecule has 0 saturated heterocycles. The minimum atomic E-state index is -4.51. The molecular formula is C25H20F3N3O3S. The van der Waals surface area contributed by atoms with Gasteiger partial charge in [0.15, 0.2) is 5.11 Å². The van der Waals surface area contributed by atoms with E-state index in [1.807, 2.05) is 12.1 Å². The summed E-state index contributed by atoms with van der Waals surface area (Å²) in [4.78, 5) is 24.5. The zero-order valence-electron chi connectivity index (χ0n) is 18.3. The Morgan fingerprint density at radius 1 is 0.914 bits per heavy atom. The summed E-state index contributed by atoms with van der Waals surface area (Å²) in [6.45, 7) is 0. The first-order valence-corrected chi connectivity index (χ1v) is 10.6. The highest BCUT2D eigenvalue weighted by molar-refractivity contribution is 7.80. The van der Waals surface area contributed by atoms with Crippen molar-refractivity contribution >= 4 is 46.6 Å². The minimum absolute atomic E-state index is 0.0251. The molecule has 0 aliphatic carbocycles. The summed E-state index contributed by atoms with van der Waals surface area (Å²) in [6.07, 6.45) is -1.60. The fraction of sp³-hybridized carbons (Fsp3) is 0.0800. The molecule has 180 valence electrons. The van der Waals surface area contributed by atoms with Crippen LogP contribution in [0.5, 0.6) is 5.75 Å². The predicted octanol–water partition coefficient (Wildman–Crippen LogP) is 5.49. The van der Waals surface area contributed by atoms with E-state index < -0.39 is 23.6 Å². The lowest BCUT2D eigenvalue weighted by Gasteiger charge is -2.11. The number of ether oxygens (including phenoxy) is 1. The number of benzene rings is 3. The number of carbonyl (C=O) groups is 2. The Morgan fingerprint density at radius 2 is 1.63 bits per heavy atom. The lowest BCUT2D eigenvalue weighted by molar-refractivity contribution is -0.137. The Labute approximate surface area is 204 Å². The average molecular weight is 500 g/mol. The summed E-state index contributed by atoms with van der Waals surface area (Å²) in [7, 11) is 1.53. The van der Waals surface area contributed by atoms with Gasteiger partial charge in [0.2, 0.25) is 5.91 Å². The summed E-state index contributed by atoms with van der Waals surface area (Å²) in [5.41, 5.74) is 0.616. The molecule has 3 rings (SSSR count). The van der Waals surface area contributed by atoms with Crippen LogP contribution in [-0.2, 0) is 11.0 Å². The first-order chi connectivity index (χ1) is 16.7. The van der Waals surface area contributed by atoms with E-state index in [4.69, 9.17) is 17.0 Å². The highest BCUT2D eigenvalue weighted by Crippen LogP contribution is 2.30. The molecule has 0 heterocycles. The van der Waals surface area contributed by atoms with E-state index in [0.29, 0.717) is 11.4 Å². The lowest BCUT2D eigenvalue weighted by atomic mass is 10.1. The first-order valence-electron chi connectivity index (χ1n) is 10.2. The average Bonchev–Trinajstić information content (AvgIpc) is 2.83. The maximum Gasteiger partial charge on any atom is 0.416 e. The van der Waals surface area contributed by atoms with Crippen molar-refractivity contribution in [2.75, 3.05) is 17.7 Å². The van der Waals surface area contributed by atoms with Crippen LogP contribution in [0, 0.1) is 0 Å². The largest absolute Gasteiger partial charge is 0.496 e. The molecule has 0 fully saturated rings. The molecule has 6 nitrogen and oxygen atoms in total. The van der Waals surface area contributed by atoms with E-state index in [-0.39, 0.29) is 16.4 Å². The van der Waals surface area contributed by atoms with Crippen molar-refractivity contribution < 1.29 is 27.5 Å². The molecule has 35 heavy (non-hydrogen) atoms. The highest BCUT2D eigenvalue weighted by atomic mass is 32.1. The van der Waals surface area contributed by atoms with E-state index in [2.05, 4.69) is 16.0 Å². The molecule has 0 radical (unpaired) electrons. The number of methoxy groups -OCH3 is 1. The second-order valence-corrected chi connectivity index (χ2v) is 7.54. The van der Waals surface area contributed by atoms with Crippen molar-refractivity contribution in [2.45, 2.75) is 6.18 Å². The van der Waals surface area contributed by atoms with Gasteiger partial charge in [0.05, 0.1) is 12.7 Å². The van der Waals surface area contributed by atoms with Crippen LogP contribution in [-0.4, -0.2) is 24.0 Å². The monoisotopic (exact) mass is 499 g/mol. The standard InChI is InChI=1S/C25H20F3N3O3S/c1-34-21-8-3-2-5-16(21)11-14-22(32)31-24(35)30-19-12-9-17(10-13-19)23(33)29-20-7-4-6-18(15-20)25(26,27)28/h2-15H,1H3,(H,29,33)(H2,30,31,32,35)/b14-11+. The van der Waals surface area contributed by atoms with Crippen molar-refractivity contribution in [3.8, 4) is 5.75 Å². The number of nitrogens with one attached hydrogen (secondary N) is 3. The first kappa shape index (κ1) is 25.4. The fourth-order valence-electron chi connectivity index (χ4n) is 2.97. The molecule has 0 spiro atoms. The molecule has 3 aromatic rings. The number of halogens is 3. The van der Waals surface area contributed by atoms with Crippen LogP contribution < -0.4 is 20.7 Å². The molecule has 0 bridgehead atoms. The Hall–Kier alpha value is -4.18. The van der Waals surface area contributed by atoms with Gasteiger partial charge in [-0.15, -0.1) is 0 Å². The topological polar surface area (TPSA) is 79.5 Å². The number of hydrogen-bond acceptors (Lipinski definition) is 4. The number of hydrogen-bond donors (Lipinski definition) is 3. The Morgan fingerprint density at radius 3 is 2.31 bits per heavy atom. The van der Waals surface area contributed by atoms with Crippen molar-refractivity contribution in [3.63, 3.8) is 0 Å². The van der Waals surface area contributed by atoms with Crippen LogP contribution in [0.15, 0.2) is 78.9 Å². The second-order valence-electron chi connectivity index (χ2n) is 7.13. The maximum atomic E-state index is 12.8. The third-order valence-corrected chi connectivity index (χ3v) is 4.85. The quantitative estimate of drug-likeness (QED) is 0.309. The number of anilines is 2. The molecule has 0 saturated carbocycles. The summed E-state index contributed by atoms with van der Waals surface area (Å²) < 4.78 is 43.7. The molecule has 3 aromatic carbocycles. The highest BCUT2D eigenvalue weighted by Gasteiger charge is 2.30. The number of rotatable bonds is 6. The van der Waals surface area contributed by atoms with E-state index in [1.165, 1.54) is 37.5 Å². The van der Waals surface area contributed by atoms with Crippen LogP contribution >= 0.6 is 12.2 Å². The van der Waals surface area contributed by atoms with Gasteiger partial charge in [0.25, 0.3) is 5.91 Å². The van der Waals surface area contributed by atoms with E-state index in [9.17, 15) is 22.8 Å². The zero-order chi connectivity index (χ0) is 25.4. The zero-order valence-corrected chi connectivity index (χ0v) is 19.2. The van der Waals surface area contributed by atoms with Gasteiger partial charge in [0, 0.05) is 28.6 Å². The summed E-state index contributed by atoms with van der Waals surface area (Å²) in [5.74, 6) is -0.409. The van der Waals surface area contributed by atoms with Crippen LogP contribution in [0.3, 0.4) is 0 Å². The van der Waals surface area contributed by atoms with E-state index in [1.54, 1.807) is 30.3 Å². The van der Waals surface area contributed by atoms with Gasteiger partial charge < -0.3 is 15.4 Å². The van der Waals surface area contributed by atoms with E-state index >= 15 is 0 Å². The van der Waals surface area contributed by atoms with Gasteiger partial charge >= 0.3 is 6.18 Å². The van der Waals surface area contributed by atoms with Gasteiger partial charge in [-0.05, 0) is 66.8 Å². The van der Waals surface area contributed by atoms with Crippen LogP contribution in [0.1, 0.15) is 21.5 Å². The third-order valence-electron chi connectivity index (χ3n) is 4.64. The van der Waals surface area contributed by atoms with Gasteiger partial charge in [-0.25, -0.2) is 0 Å². The van der Waals surface area contributed by atoms with Gasteiger partial charge in [-0.2, -0.15) is 13.2 Å². The summed E-state index contributed by atoms with van der Waals surface area (Å²) in [5, 5.41) is 7.80. The molecule has 2 amide bonds. The molecule has 10 heteroatoms. The van der Waals surface area contributed by atoms with Crippen LogP contribution in [0.25, 0.3) is 6.08 Å². The number of carbonyl (C=O) groups excluding carboxylic acids is 2. The molecular weight excluding hydrogens is 479 g/mol. The predicted molar refractivity (Wildman–Crippen MR) is 132 cm³/mol. The summed E-state index contributed by atoms with van der Waals surface area (Å²) >= 11 is 5.13. The molecule has 0 aromatic heterocycles. The normalized spacial score (nSPS) is 11.1. The van der Waals surface area contributed by atoms with Gasteiger partial charge in [0.1, 0.15) is 5.75 Å². The number of thiocarbonyl (C=S) groups is 1.